The number of hydrogen-bond acceptors (Lipinski definition) is 1. The highest BCUT2D eigenvalue weighted by Gasteiger charge is 1.96. The average Bonchev–Trinajstić information content (AvgIpc) is 2.00. The average molecular weight is 138 g/mol. The molecule has 0 heterocycles. The lowest BCUT2D eigenvalue weighted by atomic mass is 10.1. The van der Waals surface area contributed by atoms with E-state index in [1.165, 1.54) is 0 Å². The van der Waals surface area contributed by atoms with Gasteiger partial charge in [-0.1, -0.05) is 18.7 Å². The molecule has 0 fully saturated rings. The first kappa shape index (κ1) is 9.02. The summed E-state index contributed by atoms with van der Waals surface area (Å²) in [6.45, 7) is 9.14. The summed E-state index contributed by atoms with van der Waals surface area (Å²) >= 11 is 0. The number of allylic oxidation sites excluding steroid dienone is 4. The van der Waals surface area contributed by atoms with Crippen molar-refractivity contribution in [2.75, 3.05) is 0 Å². The molecule has 0 bridgehead atoms. The summed E-state index contributed by atoms with van der Waals surface area (Å²) in [7, 11) is 0. The van der Waals surface area contributed by atoms with Gasteiger partial charge in [0.2, 0.25) is 0 Å². The molecular formula is C9H14O. The Kier molecular flexibility index (Phi) is 3.55. The molecule has 0 saturated carbocycles. The van der Waals surface area contributed by atoms with Crippen LogP contribution in [0.25, 0.3) is 0 Å². The fraction of sp³-hybridized carbons (Fsp3) is 0.333. The standard InChI is InChI=1S/C9H14O/c1-5-7(3)9(10)8(4)6-2/h5-6,10H,1H2,2-4H3/b8-6-,9-7+. The molecule has 1 heteroatoms. The molecule has 1 nitrogen and oxygen atoms in total. The minimum atomic E-state index is 0.331. The molecule has 0 aromatic heterocycles. The van der Waals surface area contributed by atoms with Crippen molar-refractivity contribution in [1.29, 1.82) is 0 Å². The predicted molar refractivity (Wildman–Crippen MR) is 45.0 cm³/mol. The van der Waals surface area contributed by atoms with E-state index in [1.807, 2.05) is 26.8 Å². The highest BCUT2D eigenvalue weighted by atomic mass is 16.3. The summed E-state index contributed by atoms with van der Waals surface area (Å²) in [5.74, 6) is 0.331. The molecule has 10 heavy (non-hydrogen) atoms. The van der Waals surface area contributed by atoms with E-state index in [9.17, 15) is 5.11 Å². The topological polar surface area (TPSA) is 20.2 Å². The Morgan fingerprint density at radius 2 is 1.90 bits per heavy atom. The molecule has 0 aliphatic heterocycles. The molecule has 0 unspecified atom stereocenters. The van der Waals surface area contributed by atoms with Crippen LogP contribution in [-0.4, -0.2) is 5.11 Å². The minimum Gasteiger partial charge on any atom is -0.507 e. The van der Waals surface area contributed by atoms with Gasteiger partial charge in [-0.25, -0.2) is 0 Å². The van der Waals surface area contributed by atoms with Crippen molar-refractivity contribution in [3.05, 3.63) is 35.6 Å². The Morgan fingerprint density at radius 1 is 1.40 bits per heavy atom. The van der Waals surface area contributed by atoms with Gasteiger partial charge < -0.3 is 5.11 Å². The maximum Gasteiger partial charge on any atom is 0.121 e. The van der Waals surface area contributed by atoms with E-state index in [1.54, 1.807) is 6.08 Å². The fourth-order valence-corrected chi connectivity index (χ4v) is 0.544. The molecular weight excluding hydrogens is 124 g/mol. The molecule has 0 rings (SSSR count). The zero-order valence-corrected chi connectivity index (χ0v) is 6.81. The van der Waals surface area contributed by atoms with Crippen LogP contribution in [0.3, 0.4) is 0 Å². The van der Waals surface area contributed by atoms with Crippen LogP contribution >= 0.6 is 0 Å². The lowest BCUT2D eigenvalue weighted by Gasteiger charge is -2.00. The number of hydrogen-bond donors (Lipinski definition) is 1. The normalized spacial score (nSPS) is 14.5. The van der Waals surface area contributed by atoms with Crippen LogP contribution < -0.4 is 0 Å². The molecule has 0 radical (unpaired) electrons. The van der Waals surface area contributed by atoms with Crippen molar-refractivity contribution >= 4 is 0 Å². The van der Waals surface area contributed by atoms with Crippen LogP contribution in [0.15, 0.2) is 35.6 Å². The first-order chi connectivity index (χ1) is 4.63. The monoisotopic (exact) mass is 138 g/mol. The molecule has 0 atom stereocenters. The molecule has 1 N–H and O–H groups in total. The first-order valence-corrected chi connectivity index (χ1v) is 3.29. The van der Waals surface area contributed by atoms with Gasteiger partial charge in [-0.3, -0.25) is 0 Å². The smallest absolute Gasteiger partial charge is 0.121 e. The number of rotatable bonds is 2. The van der Waals surface area contributed by atoms with Gasteiger partial charge in [0.05, 0.1) is 0 Å². The van der Waals surface area contributed by atoms with Crippen molar-refractivity contribution in [1.82, 2.24) is 0 Å². The zero-order valence-electron chi connectivity index (χ0n) is 6.81. The SMILES string of the molecule is C=C/C(C)=C(O)\C(C)=C/C. The summed E-state index contributed by atoms with van der Waals surface area (Å²) < 4.78 is 0. The fourth-order valence-electron chi connectivity index (χ4n) is 0.544. The quantitative estimate of drug-likeness (QED) is 0.459. The summed E-state index contributed by atoms with van der Waals surface area (Å²) in [5.41, 5.74) is 1.70. The Morgan fingerprint density at radius 3 is 2.20 bits per heavy atom. The minimum absolute atomic E-state index is 0.331. The van der Waals surface area contributed by atoms with Crippen LogP contribution in [0.1, 0.15) is 20.8 Å². The maximum atomic E-state index is 9.33. The Balaban J connectivity index is 4.63. The lowest BCUT2D eigenvalue weighted by Crippen LogP contribution is -1.86. The van der Waals surface area contributed by atoms with Crippen molar-refractivity contribution in [3.63, 3.8) is 0 Å². The van der Waals surface area contributed by atoms with Gasteiger partial charge in [0, 0.05) is 0 Å². The molecule has 0 spiro atoms. The Bertz CT molecular complexity index is 185. The van der Waals surface area contributed by atoms with E-state index in [0.717, 1.165) is 11.1 Å². The van der Waals surface area contributed by atoms with Gasteiger partial charge in [0.25, 0.3) is 0 Å². The predicted octanol–water partition coefficient (Wildman–Crippen LogP) is 2.97. The second-order valence-electron chi connectivity index (χ2n) is 2.21. The third-order valence-electron chi connectivity index (χ3n) is 1.49. The van der Waals surface area contributed by atoms with Crippen LogP contribution in [0.4, 0.5) is 0 Å². The summed E-state index contributed by atoms with van der Waals surface area (Å²) in [5, 5.41) is 9.33. The second kappa shape index (κ2) is 3.94. The first-order valence-electron chi connectivity index (χ1n) is 3.29. The van der Waals surface area contributed by atoms with Crippen molar-refractivity contribution < 1.29 is 5.11 Å². The Hall–Kier alpha value is -0.980. The number of aliphatic hydroxyl groups is 1. The van der Waals surface area contributed by atoms with Gasteiger partial charge in [0.15, 0.2) is 0 Å². The zero-order chi connectivity index (χ0) is 8.15. The molecule has 0 aromatic carbocycles. The van der Waals surface area contributed by atoms with Crippen LogP contribution in [0.5, 0.6) is 0 Å². The maximum absolute atomic E-state index is 9.33. The van der Waals surface area contributed by atoms with Crippen molar-refractivity contribution in [3.8, 4) is 0 Å². The van der Waals surface area contributed by atoms with Gasteiger partial charge in [-0.15, -0.1) is 0 Å². The van der Waals surface area contributed by atoms with E-state index in [2.05, 4.69) is 6.58 Å². The van der Waals surface area contributed by atoms with Crippen LogP contribution in [-0.2, 0) is 0 Å². The van der Waals surface area contributed by atoms with Gasteiger partial charge in [0.1, 0.15) is 5.76 Å². The second-order valence-corrected chi connectivity index (χ2v) is 2.21. The summed E-state index contributed by atoms with van der Waals surface area (Å²) in [4.78, 5) is 0. The summed E-state index contributed by atoms with van der Waals surface area (Å²) in [6, 6.07) is 0. The van der Waals surface area contributed by atoms with E-state index in [0.29, 0.717) is 5.76 Å². The molecule has 0 aromatic rings. The molecule has 56 valence electrons. The van der Waals surface area contributed by atoms with E-state index in [-0.39, 0.29) is 0 Å². The van der Waals surface area contributed by atoms with Crippen LogP contribution in [0.2, 0.25) is 0 Å². The number of aliphatic hydroxyl groups excluding tert-OH is 1. The largest absolute Gasteiger partial charge is 0.507 e. The molecule has 0 amide bonds. The molecule has 0 aliphatic rings. The van der Waals surface area contributed by atoms with Gasteiger partial charge in [-0.2, -0.15) is 0 Å². The van der Waals surface area contributed by atoms with Crippen molar-refractivity contribution in [2.24, 2.45) is 0 Å². The highest BCUT2D eigenvalue weighted by Crippen LogP contribution is 2.10. The summed E-state index contributed by atoms with van der Waals surface area (Å²) in [6.07, 6.45) is 3.50. The van der Waals surface area contributed by atoms with E-state index >= 15 is 0 Å². The van der Waals surface area contributed by atoms with Gasteiger partial charge >= 0.3 is 0 Å². The highest BCUT2D eigenvalue weighted by molar-refractivity contribution is 5.31. The molecule has 0 aliphatic carbocycles. The third-order valence-corrected chi connectivity index (χ3v) is 1.49. The lowest BCUT2D eigenvalue weighted by molar-refractivity contribution is 0.418. The third kappa shape index (κ3) is 2.09. The van der Waals surface area contributed by atoms with Crippen LogP contribution in [0, 0.1) is 0 Å². The van der Waals surface area contributed by atoms with E-state index < -0.39 is 0 Å². The molecule has 0 saturated heterocycles. The van der Waals surface area contributed by atoms with E-state index in [4.69, 9.17) is 0 Å². The van der Waals surface area contributed by atoms with Crippen molar-refractivity contribution in [2.45, 2.75) is 20.8 Å². The Labute approximate surface area is 62.4 Å². The van der Waals surface area contributed by atoms with Gasteiger partial charge in [-0.05, 0) is 31.9 Å².